The van der Waals surface area contributed by atoms with Crippen LogP contribution in [0.1, 0.15) is 17.3 Å². The van der Waals surface area contributed by atoms with Gasteiger partial charge < -0.3 is 10.8 Å². The number of nitrogens with two attached hydrogens (primary N) is 1. The first-order chi connectivity index (χ1) is 5.24. The molecule has 1 aromatic rings. The fraction of sp³-hybridized carbons (Fsp3) is 0.429. The van der Waals surface area contributed by atoms with E-state index in [0.29, 0.717) is 6.42 Å². The first-order valence-electron chi connectivity index (χ1n) is 3.35. The third-order valence-electron chi connectivity index (χ3n) is 1.40. The van der Waals surface area contributed by atoms with E-state index in [1.165, 1.54) is 11.3 Å². The van der Waals surface area contributed by atoms with Crippen LogP contribution in [0.25, 0.3) is 0 Å². The molecule has 0 aliphatic heterocycles. The van der Waals surface area contributed by atoms with Crippen LogP contribution in [0.2, 0.25) is 4.34 Å². The molecule has 1 rings (SSSR count). The molecule has 0 spiro atoms. The van der Waals surface area contributed by atoms with Crippen LogP contribution >= 0.6 is 35.3 Å². The van der Waals surface area contributed by atoms with E-state index in [0.717, 1.165) is 9.21 Å². The number of hydrogen-bond donors (Lipinski definition) is 2. The van der Waals surface area contributed by atoms with E-state index in [1.807, 2.05) is 12.1 Å². The summed E-state index contributed by atoms with van der Waals surface area (Å²) in [6.07, 6.45) is 0.594. The molecule has 3 N–H and O–H groups in total. The van der Waals surface area contributed by atoms with Gasteiger partial charge in [-0.1, -0.05) is 11.6 Å². The zero-order valence-corrected chi connectivity index (χ0v) is 8.75. The standard InChI is InChI=1S/C7H10ClNOS.ClH/c8-7-2-1-6(11-7)5(9)3-4-10;/h1-2,5,10H,3-4,9H2;1H/t5-;/m1./s1. The summed E-state index contributed by atoms with van der Waals surface area (Å²) >= 11 is 7.17. The minimum Gasteiger partial charge on any atom is -0.396 e. The maximum atomic E-state index is 8.60. The van der Waals surface area contributed by atoms with Gasteiger partial charge in [0.1, 0.15) is 0 Å². The van der Waals surface area contributed by atoms with Crippen LogP contribution in [-0.4, -0.2) is 11.7 Å². The normalized spacial score (nSPS) is 12.2. The van der Waals surface area contributed by atoms with Crippen molar-refractivity contribution >= 4 is 35.3 Å². The molecule has 0 aliphatic carbocycles. The van der Waals surface area contributed by atoms with Crippen molar-refractivity contribution in [1.82, 2.24) is 0 Å². The van der Waals surface area contributed by atoms with Gasteiger partial charge >= 0.3 is 0 Å². The van der Waals surface area contributed by atoms with Crippen molar-refractivity contribution in [3.05, 3.63) is 21.3 Å². The van der Waals surface area contributed by atoms with E-state index in [2.05, 4.69) is 0 Å². The molecule has 1 heterocycles. The van der Waals surface area contributed by atoms with E-state index in [-0.39, 0.29) is 25.1 Å². The van der Waals surface area contributed by atoms with E-state index >= 15 is 0 Å². The fourth-order valence-corrected chi connectivity index (χ4v) is 1.91. The predicted octanol–water partition coefficient (Wildman–Crippen LogP) is 2.21. The van der Waals surface area contributed by atoms with Crippen LogP contribution in [-0.2, 0) is 0 Å². The lowest BCUT2D eigenvalue weighted by molar-refractivity contribution is 0.277. The van der Waals surface area contributed by atoms with Crippen LogP contribution in [0.15, 0.2) is 12.1 Å². The summed E-state index contributed by atoms with van der Waals surface area (Å²) in [4.78, 5) is 1.03. The molecule has 5 heteroatoms. The SMILES string of the molecule is Cl.N[C@H](CCO)c1ccc(Cl)s1. The van der Waals surface area contributed by atoms with Crippen molar-refractivity contribution in [3.8, 4) is 0 Å². The molecule has 12 heavy (non-hydrogen) atoms. The number of rotatable bonds is 3. The Balaban J connectivity index is 0.00000121. The largest absolute Gasteiger partial charge is 0.396 e. The minimum absolute atomic E-state index is 0. The molecule has 0 bridgehead atoms. The Hall–Kier alpha value is 0.200. The molecule has 0 aromatic carbocycles. The van der Waals surface area contributed by atoms with Gasteiger partial charge in [-0.15, -0.1) is 23.7 Å². The lowest BCUT2D eigenvalue weighted by Gasteiger charge is -2.05. The Morgan fingerprint density at radius 1 is 1.58 bits per heavy atom. The summed E-state index contributed by atoms with van der Waals surface area (Å²) < 4.78 is 0.744. The second kappa shape index (κ2) is 5.78. The van der Waals surface area contributed by atoms with Gasteiger partial charge in [-0.3, -0.25) is 0 Å². The summed E-state index contributed by atoms with van der Waals surface area (Å²) in [5.74, 6) is 0. The van der Waals surface area contributed by atoms with Crippen LogP contribution in [0, 0.1) is 0 Å². The van der Waals surface area contributed by atoms with E-state index < -0.39 is 0 Å². The molecule has 2 nitrogen and oxygen atoms in total. The number of halogens is 2. The molecular weight excluding hydrogens is 217 g/mol. The van der Waals surface area contributed by atoms with Crippen molar-refractivity contribution in [2.75, 3.05) is 6.61 Å². The first kappa shape index (κ1) is 12.2. The van der Waals surface area contributed by atoms with Crippen LogP contribution in [0.5, 0.6) is 0 Å². The van der Waals surface area contributed by atoms with Gasteiger partial charge in [0.15, 0.2) is 0 Å². The molecule has 0 aliphatic rings. The Bertz CT molecular complexity index is 229. The van der Waals surface area contributed by atoms with E-state index in [9.17, 15) is 0 Å². The Morgan fingerprint density at radius 2 is 2.25 bits per heavy atom. The second-order valence-corrected chi connectivity index (χ2v) is 4.01. The smallest absolute Gasteiger partial charge is 0.0931 e. The van der Waals surface area contributed by atoms with Crippen LogP contribution in [0.3, 0.4) is 0 Å². The zero-order valence-electron chi connectivity index (χ0n) is 6.37. The Kier molecular flexibility index (Phi) is 5.88. The first-order valence-corrected chi connectivity index (χ1v) is 4.55. The highest BCUT2D eigenvalue weighted by Gasteiger charge is 2.06. The lowest BCUT2D eigenvalue weighted by atomic mass is 10.2. The third-order valence-corrected chi connectivity index (χ3v) is 2.76. The molecule has 0 fully saturated rings. The van der Waals surface area contributed by atoms with Crippen molar-refractivity contribution in [2.45, 2.75) is 12.5 Å². The quantitative estimate of drug-likeness (QED) is 0.833. The highest BCUT2D eigenvalue weighted by molar-refractivity contribution is 7.16. The molecule has 0 radical (unpaired) electrons. The third kappa shape index (κ3) is 3.29. The van der Waals surface area contributed by atoms with Crippen molar-refractivity contribution < 1.29 is 5.11 Å². The molecule has 0 saturated heterocycles. The van der Waals surface area contributed by atoms with Crippen molar-refractivity contribution in [1.29, 1.82) is 0 Å². The summed E-state index contributed by atoms with van der Waals surface area (Å²) in [5, 5.41) is 8.60. The molecule has 0 saturated carbocycles. The Labute approximate surface area is 86.8 Å². The average Bonchev–Trinajstić information content (AvgIpc) is 2.36. The number of aliphatic hydroxyl groups excluding tert-OH is 1. The zero-order chi connectivity index (χ0) is 8.27. The van der Waals surface area contributed by atoms with E-state index in [1.54, 1.807) is 0 Å². The van der Waals surface area contributed by atoms with Crippen LogP contribution in [0.4, 0.5) is 0 Å². The van der Waals surface area contributed by atoms with Crippen molar-refractivity contribution in [2.24, 2.45) is 5.73 Å². The van der Waals surface area contributed by atoms with Gasteiger partial charge in [0.25, 0.3) is 0 Å². The van der Waals surface area contributed by atoms with Gasteiger partial charge in [0.05, 0.1) is 4.34 Å². The highest BCUT2D eigenvalue weighted by atomic mass is 35.5. The van der Waals surface area contributed by atoms with Crippen LogP contribution < -0.4 is 5.73 Å². The lowest BCUT2D eigenvalue weighted by Crippen LogP contribution is -2.09. The number of thiophene rings is 1. The van der Waals surface area contributed by atoms with Gasteiger partial charge in [-0.25, -0.2) is 0 Å². The summed E-state index contributed by atoms with van der Waals surface area (Å²) in [5.41, 5.74) is 5.71. The molecule has 1 aromatic heterocycles. The van der Waals surface area contributed by atoms with Gasteiger partial charge in [0.2, 0.25) is 0 Å². The summed E-state index contributed by atoms with van der Waals surface area (Å²) in [6.45, 7) is 0.122. The number of hydrogen-bond acceptors (Lipinski definition) is 3. The number of aliphatic hydroxyl groups is 1. The van der Waals surface area contributed by atoms with Gasteiger partial charge in [-0.2, -0.15) is 0 Å². The van der Waals surface area contributed by atoms with Gasteiger partial charge in [0, 0.05) is 17.5 Å². The second-order valence-electron chi connectivity index (χ2n) is 2.26. The van der Waals surface area contributed by atoms with Crippen molar-refractivity contribution in [3.63, 3.8) is 0 Å². The maximum absolute atomic E-state index is 8.60. The molecule has 70 valence electrons. The fourth-order valence-electron chi connectivity index (χ4n) is 0.809. The molecule has 0 unspecified atom stereocenters. The topological polar surface area (TPSA) is 46.2 Å². The molecule has 0 amide bonds. The molecule has 1 atom stereocenters. The molecular formula is C7H11Cl2NOS. The average molecular weight is 228 g/mol. The summed E-state index contributed by atoms with van der Waals surface area (Å²) in [7, 11) is 0. The van der Waals surface area contributed by atoms with E-state index in [4.69, 9.17) is 22.4 Å². The monoisotopic (exact) mass is 227 g/mol. The predicted molar refractivity (Wildman–Crippen MR) is 55.2 cm³/mol. The highest BCUT2D eigenvalue weighted by Crippen LogP contribution is 2.26. The minimum atomic E-state index is -0.0718. The summed E-state index contributed by atoms with van der Waals surface area (Å²) in [6, 6.07) is 3.64. The van der Waals surface area contributed by atoms with Gasteiger partial charge in [-0.05, 0) is 18.6 Å². The Morgan fingerprint density at radius 3 is 2.67 bits per heavy atom. The maximum Gasteiger partial charge on any atom is 0.0931 e.